The minimum Gasteiger partial charge on any atom is -0.464 e. The van der Waals surface area contributed by atoms with Crippen LogP contribution >= 0.6 is 0 Å². The molecule has 97 valence electrons. The average Bonchev–Trinajstić information content (AvgIpc) is 2.48. The summed E-state index contributed by atoms with van der Waals surface area (Å²) in [5.74, 6) is 0.641. The highest BCUT2D eigenvalue weighted by Gasteiger charge is 2.05. The molecule has 1 amide bonds. The lowest BCUT2D eigenvalue weighted by molar-refractivity contribution is -0.120. The van der Waals surface area contributed by atoms with Gasteiger partial charge in [-0.05, 0) is 11.6 Å². The molecule has 0 saturated carbocycles. The molecule has 3 nitrogen and oxygen atoms in total. The quantitative estimate of drug-likeness (QED) is 0.888. The van der Waals surface area contributed by atoms with E-state index in [4.69, 9.17) is 4.74 Å². The van der Waals surface area contributed by atoms with E-state index in [9.17, 15) is 4.79 Å². The zero-order valence-electron chi connectivity index (χ0n) is 10.8. The van der Waals surface area contributed by atoms with Crippen LogP contribution in [0, 0.1) is 6.73 Å². The smallest absolute Gasteiger partial charge is 0.228 e. The molecule has 3 heteroatoms. The number of hydrogen-bond donors (Lipinski definition) is 1. The summed E-state index contributed by atoms with van der Waals surface area (Å²) in [5.41, 5.74) is 2.07. The van der Waals surface area contributed by atoms with Crippen LogP contribution in [0.3, 0.4) is 0 Å². The van der Waals surface area contributed by atoms with E-state index in [2.05, 4.69) is 5.32 Å². The first kappa shape index (κ1) is 13.1. The van der Waals surface area contributed by atoms with E-state index in [1.165, 1.54) is 6.73 Å². The molecule has 1 N–H and O–H groups in total. The van der Waals surface area contributed by atoms with Crippen molar-refractivity contribution in [3.05, 3.63) is 61.3 Å². The Balaban J connectivity index is 2.11. The molecule has 0 fully saturated rings. The molecule has 1 radical (unpaired) electrons. The molecule has 19 heavy (non-hydrogen) atoms. The maximum absolute atomic E-state index is 11.1. The monoisotopic (exact) mass is 254 g/mol. The Kier molecular flexibility index (Phi) is 4.56. The minimum atomic E-state index is -0.0720. The van der Waals surface area contributed by atoms with Crippen molar-refractivity contribution in [2.75, 3.05) is 0 Å². The number of hydrogen-bond acceptors (Lipinski definition) is 2. The molecule has 0 saturated heterocycles. The van der Waals surface area contributed by atoms with E-state index in [1.807, 2.05) is 54.6 Å². The molecule has 2 aromatic carbocycles. The van der Waals surface area contributed by atoms with Gasteiger partial charge in [0.05, 0.1) is 0 Å². The van der Waals surface area contributed by atoms with Crippen LogP contribution in [0.1, 0.15) is 13.3 Å². The second-order valence-corrected chi connectivity index (χ2v) is 4.02. The molecule has 0 aromatic heterocycles. The molecule has 0 heterocycles. The number of rotatable bonds is 5. The van der Waals surface area contributed by atoms with Crippen LogP contribution < -0.4 is 10.1 Å². The van der Waals surface area contributed by atoms with Crippen molar-refractivity contribution in [2.45, 2.75) is 13.3 Å². The first-order valence-corrected chi connectivity index (χ1v) is 6.23. The van der Waals surface area contributed by atoms with Gasteiger partial charge in [0.15, 0.2) is 0 Å². The van der Waals surface area contributed by atoms with Gasteiger partial charge in [-0.1, -0.05) is 55.5 Å². The zero-order chi connectivity index (χ0) is 13.5. The van der Waals surface area contributed by atoms with Crippen LogP contribution in [0.4, 0.5) is 0 Å². The van der Waals surface area contributed by atoms with E-state index in [0.29, 0.717) is 12.2 Å². The highest BCUT2D eigenvalue weighted by atomic mass is 16.5. The third kappa shape index (κ3) is 3.58. The highest BCUT2D eigenvalue weighted by molar-refractivity contribution is 5.76. The second kappa shape index (κ2) is 6.59. The van der Waals surface area contributed by atoms with Crippen molar-refractivity contribution >= 4 is 5.91 Å². The van der Waals surface area contributed by atoms with Gasteiger partial charge in [0, 0.05) is 12.0 Å². The largest absolute Gasteiger partial charge is 0.464 e. The van der Waals surface area contributed by atoms with Crippen LogP contribution in [0.15, 0.2) is 54.6 Å². The summed E-state index contributed by atoms with van der Waals surface area (Å²) in [5, 5.41) is 2.57. The van der Waals surface area contributed by atoms with Crippen molar-refractivity contribution in [3.8, 4) is 16.9 Å². The van der Waals surface area contributed by atoms with Gasteiger partial charge in [-0.3, -0.25) is 4.79 Å². The molecule has 2 rings (SSSR count). The molecule has 0 atom stereocenters. The maximum atomic E-state index is 11.1. The molecule has 0 aliphatic heterocycles. The molecular weight excluding hydrogens is 238 g/mol. The third-order valence-electron chi connectivity index (χ3n) is 2.70. The Morgan fingerprint density at radius 1 is 1.11 bits per heavy atom. The molecule has 2 aromatic rings. The topological polar surface area (TPSA) is 38.3 Å². The number of carbonyl (C=O) groups is 1. The first-order chi connectivity index (χ1) is 9.31. The number of benzene rings is 2. The summed E-state index contributed by atoms with van der Waals surface area (Å²) in [6.45, 7) is 3.12. The zero-order valence-corrected chi connectivity index (χ0v) is 10.8. The number of amides is 1. The highest BCUT2D eigenvalue weighted by Crippen LogP contribution is 2.29. The lowest BCUT2D eigenvalue weighted by Crippen LogP contribution is -2.21. The van der Waals surface area contributed by atoms with Crippen molar-refractivity contribution in [1.82, 2.24) is 5.32 Å². The van der Waals surface area contributed by atoms with Crippen LogP contribution in [0.5, 0.6) is 5.75 Å². The molecule has 0 spiro atoms. The van der Waals surface area contributed by atoms with E-state index in [1.54, 1.807) is 6.92 Å². The van der Waals surface area contributed by atoms with Gasteiger partial charge in [0.1, 0.15) is 5.75 Å². The minimum absolute atomic E-state index is 0.0720. The summed E-state index contributed by atoms with van der Waals surface area (Å²) < 4.78 is 5.51. The van der Waals surface area contributed by atoms with Gasteiger partial charge in [-0.25, -0.2) is 0 Å². The van der Waals surface area contributed by atoms with Crippen LogP contribution in [-0.4, -0.2) is 5.91 Å². The Morgan fingerprint density at radius 3 is 2.53 bits per heavy atom. The number of para-hydroxylation sites is 1. The van der Waals surface area contributed by atoms with E-state index in [0.717, 1.165) is 11.1 Å². The lowest BCUT2D eigenvalue weighted by atomic mass is 10.1. The summed E-state index contributed by atoms with van der Waals surface area (Å²) in [7, 11) is 0. The summed E-state index contributed by atoms with van der Waals surface area (Å²) in [6, 6.07) is 17.7. The molecule has 0 bridgehead atoms. The SMILES string of the molecule is CCC(=O)N[CH]Oc1ccccc1-c1ccccc1. The Bertz CT molecular complexity index is 537. The van der Waals surface area contributed by atoms with E-state index < -0.39 is 0 Å². The van der Waals surface area contributed by atoms with Crippen LogP contribution in [-0.2, 0) is 4.79 Å². The fourth-order valence-electron chi connectivity index (χ4n) is 1.69. The fraction of sp³-hybridized carbons (Fsp3) is 0.125. The van der Waals surface area contributed by atoms with Crippen molar-refractivity contribution in [1.29, 1.82) is 0 Å². The van der Waals surface area contributed by atoms with Gasteiger partial charge in [-0.2, -0.15) is 0 Å². The fourth-order valence-corrected chi connectivity index (χ4v) is 1.69. The normalized spacial score (nSPS) is 9.95. The maximum Gasteiger partial charge on any atom is 0.228 e. The first-order valence-electron chi connectivity index (χ1n) is 6.23. The number of carbonyl (C=O) groups excluding carboxylic acids is 1. The third-order valence-corrected chi connectivity index (χ3v) is 2.70. The predicted octanol–water partition coefficient (Wildman–Crippen LogP) is 3.38. The van der Waals surface area contributed by atoms with Crippen molar-refractivity contribution < 1.29 is 9.53 Å². The van der Waals surface area contributed by atoms with Crippen LogP contribution in [0.2, 0.25) is 0 Å². The van der Waals surface area contributed by atoms with E-state index >= 15 is 0 Å². The average molecular weight is 254 g/mol. The summed E-state index contributed by atoms with van der Waals surface area (Å²) in [4.78, 5) is 11.1. The summed E-state index contributed by atoms with van der Waals surface area (Å²) >= 11 is 0. The Hall–Kier alpha value is -2.29. The van der Waals surface area contributed by atoms with Gasteiger partial charge >= 0.3 is 0 Å². The van der Waals surface area contributed by atoms with Crippen molar-refractivity contribution in [3.63, 3.8) is 0 Å². The Morgan fingerprint density at radius 2 is 1.79 bits per heavy atom. The lowest BCUT2D eigenvalue weighted by Gasteiger charge is -2.11. The second-order valence-electron chi connectivity index (χ2n) is 4.02. The number of ether oxygens (including phenoxy) is 1. The number of nitrogens with one attached hydrogen (secondary N) is 1. The van der Waals surface area contributed by atoms with Gasteiger partial charge in [0.25, 0.3) is 0 Å². The molecular formula is C16H16NO2. The van der Waals surface area contributed by atoms with Gasteiger partial charge in [-0.15, -0.1) is 0 Å². The summed E-state index contributed by atoms with van der Waals surface area (Å²) in [6.07, 6.45) is 0.431. The van der Waals surface area contributed by atoms with Gasteiger partial charge < -0.3 is 10.1 Å². The Labute approximate surface area is 113 Å². The van der Waals surface area contributed by atoms with Crippen LogP contribution in [0.25, 0.3) is 11.1 Å². The molecule has 0 aliphatic carbocycles. The predicted molar refractivity (Wildman–Crippen MR) is 75.2 cm³/mol. The van der Waals surface area contributed by atoms with E-state index in [-0.39, 0.29) is 5.91 Å². The van der Waals surface area contributed by atoms with Crippen molar-refractivity contribution in [2.24, 2.45) is 0 Å². The standard InChI is InChI=1S/C16H16NO2/c1-2-16(18)17-12-19-15-11-7-6-10-14(15)13-8-4-3-5-9-13/h3-12H,2H2,1H3,(H,17,18). The molecule has 0 aliphatic rings. The van der Waals surface area contributed by atoms with Gasteiger partial charge in [0.2, 0.25) is 12.6 Å². The molecule has 0 unspecified atom stereocenters.